The first-order valence-electron chi connectivity index (χ1n) is 8.07. The Hall–Kier alpha value is -1.67. The van der Waals surface area contributed by atoms with Gasteiger partial charge in [0.25, 0.3) is 5.69 Å². The molecule has 1 aliphatic heterocycles. The van der Waals surface area contributed by atoms with E-state index in [4.69, 9.17) is 0 Å². The monoisotopic (exact) mass is 355 g/mol. The highest BCUT2D eigenvalue weighted by Gasteiger charge is 2.31. The maximum Gasteiger partial charge on any atom is 0.293 e. The SMILES string of the molecule is C[C@H]1CCCN(S(=O)(=O)c2ccc(NC(C)(C)C)c([N+](=O)[O-])c2)C1. The van der Waals surface area contributed by atoms with Crippen LogP contribution >= 0.6 is 0 Å². The number of rotatable bonds is 4. The average Bonchev–Trinajstić information content (AvgIpc) is 2.45. The number of piperidine rings is 1. The summed E-state index contributed by atoms with van der Waals surface area (Å²) in [6, 6.07) is 4.07. The van der Waals surface area contributed by atoms with E-state index < -0.39 is 14.9 Å². The summed E-state index contributed by atoms with van der Waals surface area (Å²) >= 11 is 0. The van der Waals surface area contributed by atoms with Gasteiger partial charge in [-0.2, -0.15) is 4.31 Å². The van der Waals surface area contributed by atoms with Gasteiger partial charge in [0, 0.05) is 24.7 Å². The molecule has 0 radical (unpaired) electrons. The molecule has 0 saturated carbocycles. The van der Waals surface area contributed by atoms with Gasteiger partial charge in [-0.3, -0.25) is 10.1 Å². The van der Waals surface area contributed by atoms with Gasteiger partial charge in [0.15, 0.2) is 0 Å². The minimum atomic E-state index is -3.71. The molecule has 1 aromatic carbocycles. The van der Waals surface area contributed by atoms with Crippen molar-refractivity contribution in [1.82, 2.24) is 4.31 Å². The van der Waals surface area contributed by atoms with Crippen molar-refractivity contribution in [3.05, 3.63) is 28.3 Å². The van der Waals surface area contributed by atoms with Crippen LogP contribution in [0.3, 0.4) is 0 Å². The number of nitro benzene ring substituents is 1. The Morgan fingerprint density at radius 1 is 1.33 bits per heavy atom. The number of anilines is 1. The lowest BCUT2D eigenvalue weighted by Crippen LogP contribution is -2.39. The van der Waals surface area contributed by atoms with Gasteiger partial charge in [0.2, 0.25) is 10.0 Å². The third-order valence-corrected chi connectivity index (χ3v) is 5.79. The number of hydrogen-bond acceptors (Lipinski definition) is 5. The summed E-state index contributed by atoms with van der Waals surface area (Å²) in [5.41, 5.74) is -0.275. The van der Waals surface area contributed by atoms with E-state index in [2.05, 4.69) is 5.32 Å². The molecular formula is C16H25N3O4S. The predicted octanol–water partition coefficient (Wildman–Crippen LogP) is 3.23. The third kappa shape index (κ3) is 4.24. The molecule has 0 spiro atoms. The molecule has 0 aromatic heterocycles. The largest absolute Gasteiger partial charge is 0.375 e. The molecule has 24 heavy (non-hydrogen) atoms. The highest BCUT2D eigenvalue weighted by Crippen LogP contribution is 2.32. The summed E-state index contributed by atoms with van der Waals surface area (Å²) < 4.78 is 27.0. The van der Waals surface area contributed by atoms with E-state index >= 15 is 0 Å². The van der Waals surface area contributed by atoms with Gasteiger partial charge in [-0.1, -0.05) is 6.92 Å². The molecule has 1 aliphatic rings. The fraction of sp³-hybridized carbons (Fsp3) is 0.625. The lowest BCUT2D eigenvalue weighted by Gasteiger charge is -2.30. The summed E-state index contributed by atoms with van der Waals surface area (Å²) in [5, 5.41) is 14.4. The number of nitrogens with one attached hydrogen (secondary N) is 1. The molecule has 0 aliphatic carbocycles. The van der Waals surface area contributed by atoms with Gasteiger partial charge in [-0.25, -0.2) is 8.42 Å². The molecule has 134 valence electrons. The minimum Gasteiger partial charge on any atom is -0.375 e. The Balaban J connectivity index is 2.40. The van der Waals surface area contributed by atoms with Gasteiger partial charge in [0.05, 0.1) is 9.82 Å². The van der Waals surface area contributed by atoms with Crippen molar-refractivity contribution in [2.75, 3.05) is 18.4 Å². The third-order valence-electron chi connectivity index (χ3n) is 3.93. The van der Waals surface area contributed by atoms with Gasteiger partial charge >= 0.3 is 0 Å². The molecule has 7 nitrogen and oxygen atoms in total. The standard InChI is InChI=1S/C16H25N3O4S/c1-12-6-5-9-18(11-12)24(22,23)13-7-8-14(17-16(2,3)4)15(10-13)19(20)21/h7-8,10,12,17H,5-6,9,11H2,1-4H3/t12-/m0/s1. The number of nitro groups is 1. The number of hydrogen-bond donors (Lipinski definition) is 1. The van der Waals surface area contributed by atoms with E-state index in [1.807, 2.05) is 27.7 Å². The fourth-order valence-corrected chi connectivity index (χ4v) is 4.47. The lowest BCUT2D eigenvalue weighted by atomic mass is 10.0. The van der Waals surface area contributed by atoms with Crippen LogP contribution < -0.4 is 5.32 Å². The predicted molar refractivity (Wildman–Crippen MR) is 93.6 cm³/mol. The number of nitrogens with zero attached hydrogens (tertiary/aromatic N) is 2. The van der Waals surface area contributed by atoms with Gasteiger partial charge in [-0.05, 0) is 51.7 Å². The Kier molecular flexibility index (Phi) is 5.19. The minimum absolute atomic E-state index is 0.0252. The van der Waals surface area contributed by atoms with Gasteiger partial charge in [-0.15, -0.1) is 0 Å². The molecule has 0 bridgehead atoms. The van der Waals surface area contributed by atoms with Crippen molar-refractivity contribution in [2.45, 2.75) is 51.0 Å². The quantitative estimate of drug-likeness (QED) is 0.661. The molecule has 1 heterocycles. The van der Waals surface area contributed by atoms with Crippen molar-refractivity contribution >= 4 is 21.4 Å². The molecule has 1 saturated heterocycles. The maximum absolute atomic E-state index is 12.8. The summed E-state index contributed by atoms with van der Waals surface area (Å²) in [6.07, 6.45) is 1.81. The summed E-state index contributed by atoms with van der Waals surface area (Å²) in [5.74, 6) is 0.297. The molecule has 1 aromatic rings. The topological polar surface area (TPSA) is 92.6 Å². The molecule has 2 rings (SSSR count). The molecule has 1 fully saturated rings. The van der Waals surface area contributed by atoms with Gasteiger partial charge in [0.1, 0.15) is 5.69 Å². The maximum atomic E-state index is 12.8. The van der Waals surface area contributed by atoms with Crippen LogP contribution in [0.15, 0.2) is 23.1 Å². The van der Waals surface area contributed by atoms with Crippen LogP contribution in [0.4, 0.5) is 11.4 Å². The molecule has 0 amide bonds. The van der Waals surface area contributed by atoms with E-state index in [9.17, 15) is 18.5 Å². The molecular weight excluding hydrogens is 330 g/mol. The van der Waals surface area contributed by atoms with E-state index in [-0.39, 0.29) is 16.1 Å². The zero-order valence-corrected chi connectivity index (χ0v) is 15.4. The summed E-state index contributed by atoms with van der Waals surface area (Å²) in [4.78, 5) is 10.8. The Morgan fingerprint density at radius 3 is 2.54 bits per heavy atom. The van der Waals surface area contributed by atoms with Crippen molar-refractivity contribution in [3.63, 3.8) is 0 Å². The highest BCUT2D eigenvalue weighted by molar-refractivity contribution is 7.89. The van der Waals surface area contributed by atoms with Crippen LogP contribution in [-0.2, 0) is 10.0 Å². The second kappa shape index (κ2) is 6.68. The van der Waals surface area contributed by atoms with E-state index in [0.717, 1.165) is 18.9 Å². The van der Waals surface area contributed by atoms with Crippen molar-refractivity contribution in [3.8, 4) is 0 Å². The Morgan fingerprint density at radius 2 is 2.00 bits per heavy atom. The molecule has 0 unspecified atom stereocenters. The molecule has 8 heteroatoms. The van der Waals surface area contributed by atoms with Crippen LogP contribution in [0.25, 0.3) is 0 Å². The van der Waals surface area contributed by atoms with Crippen molar-refractivity contribution in [1.29, 1.82) is 0 Å². The summed E-state index contributed by atoms with van der Waals surface area (Å²) in [7, 11) is -3.71. The first kappa shape index (κ1) is 18.7. The first-order chi connectivity index (χ1) is 11.0. The average molecular weight is 355 g/mol. The number of sulfonamides is 1. The van der Waals surface area contributed by atoms with Crippen LogP contribution in [0.2, 0.25) is 0 Å². The molecule has 1 N–H and O–H groups in total. The second-order valence-corrected chi connectivity index (χ2v) is 9.36. The van der Waals surface area contributed by atoms with Crippen molar-refractivity contribution in [2.24, 2.45) is 5.92 Å². The fourth-order valence-electron chi connectivity index (χ4n) is 2.85. The second-order valence-electron chi connectivity index (χ2n) is 7.42. The van der Waals surface area contributed by atoms with Crippen LogP contribution in [-0.4, -0.2) is 36.3 Å². The smallest absolute Gasteiger partial charge is 0.293 e. The molecule has 1 atom stereocenters. The van der Waals surface area contributed by atoms with E-state index in [0.29, 0.717) is 24.7 Å². The zero-order valence-electron chi connectivity index (χ0n) is 14.6. The summed E-state index contributed by atoms with van der Waals surface area (Å²) in [6.45, 7) is 8.59. The van der Waals surface area contributed by atoms with E-state index in [1.54, 1.807) is 0 Å². The zero-order chi connectivity index (χ0) is 18.1. The number of benzene rings is 1. The van der Waals surface area contributed by atoms with Crippen molar-refractivity contribution < 1.29 is 13.3 Å². The van der Waals surface area contributed by atoms with E-state index in [1.165, 1.54) is 16.4 Å². The Labute approximate surface area is 143 Å². The first-order valence-corrected chi connectivity index (χ1v) is 9.51. The Bertz CT molecular complexity index is 725. The lowest BCUT2D eigenvalue weighted by molar-refractivity contribution is -0.384. The highest BCUT2D eigenvalue weighted by atomic mass is 32.2. The van der Waals surface area contributed by atoms with Crippen LogP contribution in [0, 0.1) is 16.0 Å². The van der Waals surface area contributed by atoms with Crippen LogP contribution in [0.1, 0.15) is 40.5 Å². The van der Waals surface area contributed by atoms with Gasteiger partial charge < -0.3 is 5.32 Å². The van der Waals surface area contributed by atoms with Crippen LogP contribution in [0.5, 0.6) is 0 Å². The normalized spacial score (nSPS) is 19.9.